The number of anilines is 2. The predicted octanol–water partition coefficient (Wildman–Crippen LogP) is 5.90. The van der Waals surface area contributed by atoms with Crippen molar-refractivity contribution in [3.63, 3.8) is 0 Å². The maximum absolute atomic E-state index is 6.16. The molecule has 1 aliphatic heterocycles. The van der Waals surface area contributed by atoms with Crippen LogP contribution in [-0.2, 0) is 6.61 Å². The van der Waals surface area contributed by atoms with Crippen LogP contribution < -0.4 is 14.5 Å². The molecule has 1 aromatic heterocycles. The van der Waals surface area contributed by atoms with E-state index >= 15 is 0 Å². The number of nitrogens with zero attached hydrogens (tertiary/aromatic N) is 3. The van der Waals surface area contributed by atoms with Crippen LogP contribution in [0.5, 0.6) is 5.75 Å². The number of benzene rings is 3. The summed E-state index contributed by atoms with van der Waals surface area (Å²) in [4.78, 5) is 9.80. The monoisotopic (exact) mass is 473 g/mol. The second-order valence-electron chi connectivity index (χ2n) is 7.72. The molecule has 1 fully saturated rings. The van der Waals surface area contributed by atoms with Gasteiger partial charge in [0.15, 0.2) is 0 Å². The van der Waals surface area contributed by atoms with Gasteiger partial charge in [-0.2, -0.15) is 0 Å². The van der Waals surface area contributed by atoms with E-state index in [1.165, 1.54) is 5.69 Å². The van der Waals surface area contributed by atoms with Gasteiger partial charge in [0.2, 0.25) is 0 Å². The molecule has 0 amide bonds. The van der Waals surface area contributed by atoms with Gasteiger partial charge in [0.25, 0.3) is 0 Å². The van der Waals surface area contributed by atoms with E-state index in [0.29, 0.717) is 6.61 Å². The van der Waals surface area contributed by atoms with Crippen molar-refractivity contribution < 1.29 is 4.74 Å². The van der Waals surface area contributed by atoms with Gasteiger partial charge in [0.1, 0.15) is 23.7 Å². The Bertz CT molecular complexity index is 1160. The highest BCUT2D eigenvalue weighted by atomic mass is 79.9. The van der Waals surface area contributed by atoms with Crippen molar-refractivity contribution in [3.8, 4) is 5.75 Å². The zero-order chi connectivity index (χ0) is 21.0. The number of ether oxygens (including phenoxy) is 1. The summed E-state index contributed by atoms with van der Waals surface area (Å²) in [5.41, 5.74) is 3.34. The summed E-state index contributed by atoms with van der Waals surface area (Å²) in [5.74, 6) is 1.84. The molecule has 1 saturated heterocycles. The van der Waals surface area contributed by atoms with Crippen LogP contribution in [0.3, 0.4) is 0 Å². The highest BCUT2D eigenvalue weighted by Crippen LogP contribution is 2.28. The molecule has 0 bridgehead atoms. The van der Waals surface area contributed by atoms with Gasteiger partial charge in [-0.25, -0.2) is 4.98 Å². The van der Waals surface area contributed by atoms with Crippen molar-refractivity contribution in [1.82, 2.24) is 4.98 Å². The number of para-hydroxylation sites is 2. The Hall–Kier alpha value is -3.05. The highest BCUT2D eigenvalue weighted by Gasteiger charge is 2.19. The molecule has 1 aliphatic rings. The van der Waals surface area contributed by atoms with Gasteiger partial charge < -0.3 is 14.5 Å². The SMILES string of the molecule is Brc1ccc(COc2cccc3ccc(N4CCN(c5ccccc5)CC4)nc23)cc1. The van der Waals surface area contributed by atoms with Crippen LogP contribution in [0.4, 0.5) is 11.5 Å². The average molecular weight is 474 g/mol. The Morgan fingerprint density at radius 2 is 1.48 bits per heavy atom. The fraction of sp³-hybridized carbons (Fsp3) is 0.192. The molecule has 0 spiro atoms. The molecule has 0 radical (unpaired) electrons. The first-order chi connectivity index (χ1) is 15.3. The Labute approximate surface area is 191 Å². The Morgan fingerprint density at radius 3 is 2.26 bits per heavy atom. The molecule has 4 nitrogen and oxygen atoms in total. The molecular weight excluding hydrogens is 450 g/mol. The van der Waals surface area contributed by atoms with Crippen LogP contribution in [0.1, 0.15) is 5.56 Å². The quantitative estimate of drug-likeness (QED) is 0.360. The van der Waals surface area contributed by atoms with Crippen LogP contribution in [0.15, 0.2) is 89.4 Å². The number of halogens is 1. The molecule has 0 aliphatic carbocycles. The molecule has 156 valence electrons. The third-order valence-electron chi connectivity index (χ3n) is 5.70. The second kappa shape index (κ2) is 8.98. The van der Waals surface area contributed by atoms with Gasteiger partial charge in [0.05, 0.1) is 0 Å². The van der Waals surface area contributed by atoms with Gasteiger partial charge >= 0.3 is 0 Å². The highest BCUT2D eigenvalue weighted by molar-refractivity contribution is 9.10. The zero-order valence-corrected chi connectivity index (χ0v) is 18.8. The van der Waals surface area contributed by atoms with E-state index in [-0.39, 0.29) is 0 Å². The first kappa shape index (κ1) is 19.9. The normalized spacial score (nSPS) is 14.1. The lowest BCUT2D eigenvalue weighted by atomic mass is 10.2. The zero-order valence-electron chi connectivity index (χ0n) is 17.2. The van der Waals surface area contributed by atoms with Gasteiger partial charge in [-0.1, -0.05) is 58.4 Å². The van der Waals surface area contributed by atoms with Crippen molar-refractivity contribution in [3.05, 3.63) is 95.0 Å². The van der Waals surface area contributed by atoms with Crippen LogP contribution in [0, 0.1) is 0 Å². The van der Waals surface area contributed by atoms with Crippen LogP contribution in [0.2, 0.25) is 0 Å². The standard InChI is InChI=1S/C26H24BrN3O/c27-22-12-9-20(10-13-22)19-31-24-8-4-5-21-11-14-25(28-26(21)24)30-17-15-29(16-18-30)23-6-2-1-3-7-23/h1-14H,15-19H2. The lowest BCUT2D eigenvalue weighted by molar-refractivity contribution is 0.309. The van der Waals surface area contributed by atoms with Crippen LogP contribution in [0.25, 0.3) is 10.9 Å². The first-order valence-corrected chi connectivity index (χ1v) is 11.4. The van der Waals surface area contributed by atoms with Crippen molar-refractivity contribution in [2.24, 2.45) is 0 Å². The number of piperazine rings is 1. The van der Waals surface area contributed by atoms with Gasteiger partial charge in [-0.05, 0) is 48.0 Å². The molecular formula is C26H24BrN3O. The minimum absolute atomic E-state index is 0.522. The fourth-order valence-electron chi connectivity index (χ4n) is 3.98. The summed E-state index contributed by atoms with van der Waals surface area (Å²) in [6, 6.07) is 29.2. The van der Waals surface area contributed by atoms with E-state index in [9.17, 15) is 0 Å². The maximum atomic E-state index is 6.16. The van der Waals surface area contributed by atoms with Gasteiger partial charge in [-0.15, -0.1) is 0 Å². The summed E-state index contributed by atoms with van der Waals surface area (Å²) < 4.78 is 7.23. The lowest BCUT2D eigenvalue weighted by Gasteiger charge is -2.36. The number of pyridine rings is 1. The van der Waals surface area contributed by atoms with E-state index in [0.717, 1.165) is 58.7 Å². The number of rotatable bonds is 5. The molecule has 5 heteroatoms. The molecule has 5 rings (SSSR count). The molecule has 31 heavy (non-hydrogen) atoms. The number of hydrogen-bond acceptors (Lipinski definition) is 4. The summed E-state index contributed by atoms with van der Waals surface area (Å²) in [6.45, 7) is 4.41. The summed E-state index contributed by atoms with van der Waals surface area (Å²) in [7, 11) is 0. The summed E-state index contributed by atoms with van der Waals surface area (Å²) in [6.07, 6.45) is 0. The molecule has 0 atom stereocenters. The maximum Gasteiger partial charge on any atom is 0.146 e. The Balaban J connectivity index is 1.32. The molecule has 0 saturated carbocycles. The van der Waals surface area contributed by atoms with Crippen LogP contribution >= 0.6 is 15.9 Å². The molecule has 4 aromatic rings. The molecule has 0 unspecified atom stereocenters. The summed E-state index contributed by atoms with van der Waals surface area (Å²) in [5, 5.41) is 1.10. The largest absolute Gasteiger partial charge is 0.487 e. The first-order valence-electron chi connectivity index (χ1n) is 10.6. The minimum Gasteiger partial charge on any atom is -0.487 e. The topological polar surface area (TPSA) is 28.6 Å². The molecule has 3 aromatic carbocycles. The number of hydrogen-bond donors (Lipinski definition) is 0. The van der Waals surface area contributed by atoms with E-state index in [1.54, 1.807) is 0 Å². The van der Waals surface area contributed by atoms with Crippen molar-refractivity contribution in [2.45, 2.75) is 6.61 Å². The Morgan fingerprint density at radius 1 is 0.742 bits per heavy atom. The third kappa shape index (κ3) is 4.52. The average Bonchev–Trinajstić information content (AvgIpc) is 2.84. The van der Waals surface area contributed by atoms with E-state index in [1.807, 2.05) is 24.3 Å². The second-order valence-corrected chi connectivity index (χ2v) is 8.64. The lowest BCUT2D eigenvalue weighted by Crippen LogP contribution is -2.46. The minimum atomic E-state index is 0.522. The number of aromatic nitrogens is 1. The smallest absolute Gasteiger partial charge is 0.146 e. The number of fused-ring (bicyclic) bond motifs is 1. The molecule has 2 heterocycles. The molecule has 0 N–H and O–H groups in total. The fourth-order valence-corrected chi connectivity index (χ4v) is 4.24. The Kier molecular flexibility index (Phi) is 5.76. The van der Waals surface area contributed by atoms with E-state index in [4.69, 9.17) is 9.72 Å². The third-order valence-corrected chi connectivity index (χ3v) is 6.23. The van der Waals surface area contributed by atoms with Crippen molar-refractivity contribution >= 4 is 38.3 Å². The van der Waals surface area contributed by atoms with Gasteiger partial charge in [-0.3, -0.25) is 0 Å². The van der Waals surface area contributed by atoms with E-state index < -0.39 is 0 Å². The van der Waals surface area contributed by atoms with Gasteiger partial charge in [0, 0.05) is 41.7 Å². The van der Waals surface area contributed by atoms with Crippen molar-refractivity contribution in [2.75, 3.05) is 36.0 Å². The van der Waals surface area contributed by atoms with Crippen molar-refractivity contribution in [1.29, 1.82) is 0 Å². The predicted molar refractivity (Wildman–Crippen MR) is 131 cm³/mol. The summed E-state index contributed by atoms with van der Waals surface area (Å²) >= 11 is 3.48. The van der Waals surface area contributed by atoms with Crippen LogP contribution in [-0.4, -0.2) is 31.2 Å². The van der Waals surface area contributed by atoms with E-state index in [2.05, 4.69) is 86.4 Å².